The van der Waals surface area contributed by atoms with Gasteiger partial charge in [-0.05, 0) is 37.1 Å². The Morgan fingerprint density at radius 2 is 1.77 bits per heavy atom. The number of aliphatic hydroxyl groups is 1. The van der Waals surface area contributed by atoms with E-state index in [-0.39, 0.29) is 18.0 Å². The summed E-state index contributed by atoms with van der Waals surface area (Å²) in [5.41, 5.74) is 10.00. The highest BCUT2D eigenvalue weighted by Crippen LogP contribution is 2.35. The number of nitrogens with two attached hydrogens (primary N) is 1. The largest absolute Gasteiger partial charge is 0.504 e. The van der Waals surface area contributed by atoms with Crippen LogP contribution >= 0.6 is 11.8 Å². The molecular formula is C19H21N3O3S. The summed E-state index contributed by atoms with van der Waals surface area (Å²) in [5.74, 6) is -0.372. The van der Waals surface area contributed by atoms with Crippen molar-refractivity contribution >= 4 is 22.6 Å². The van der Waals surface area contributed by atoms with Crippen molar-refractivity contribution in [3.8, 4) is 11.5 Å². The number of benzene rings is 2. The Kier molecular flexibility index (Phi) is 5.22. The van der Waals surface area contributed by atoms with E-state index in [9.17, 15) is 15.3 Å². The Bertz CT molecular complexity index is 892. The maximum Gasteiger partial charge on any atom is 0.173 e. The summed E-state index contributed by atoms with van der Waals surface area (Å²) in [6, 6.07) is 10.9. The average molecular weight is 371 g/mol. The van der Waals surface area contributed by atoms with E-state index in [0.29, 0.717) is 10.7 Å². The van der Waals surface area contributed by atoms with Gasteiger partial charge in [-0.2, -0.15) is 0 Å². The Morgan fingerprint density at radius 1 is 1.12 bits per heavy atom. The Labute approximate surface area is 156 Å². The third kappa shape index (κ3) is 3.70. The second-order valence-electron chi connectivity index (χ2n) is 6.11. The number of hydrogen-bond donors (Lipinski definition) is 5. The zero-order chi connectivity index (χ0) is 18.8. The van der Waals surface area contributed by atoms with Crippen molar-refractivity contribution < 1.29 is 15.3 Å². The molecule has 26 heavy (non-hydrogen) atoms. The van der Waals surface area contributed by atoms with E-state index in [4.69, 9.17) is 5.73 Å². The van der Waals surface area contributed by atoms with Crippen LogP contribution in [0.3, 0.4) is 0 Å². The Hall–Kier alpha value is -2.48. The summed E-state index contributed by atoms with van der Waals surface area (Å²) in [6.07, 6.45) is -1.04. The molecule has 136 valence electrons. The average Bonchev–Trinajstić information content (AvgIpc) is 2.60. The molecule has 6 N–H and O–H groups in total. The van der Waals surface area contributed by atoms with Crippen molar-refractivity contribution in [1.29, 1.82) is 0 Å². The van der Waals surface area contributed by atoms with Crippen molar-refractivity contribution in [2.24, 2.45) is 10.7 Å². The van der Waals surface area contributed by atoms with Crippen LogP contribution in [0, 0.1) is 13.8 Å². The van der Waals surface area contributed by atoms with E-state index in [1.54, 1.807) is 0 Å². The number of phenols is 2. The molecule has 1 atom stereocenters. The molecule has 0 saturated heterocycles. The van der Waals surface area contributed by atoms with Crippen LogP contribution in [-0.2, 0) is 0 Å². The number of amidine groups is 1. The fourth-order valence-electron chi connectivity index (χ4n) is 2.65. The fourth-order valence-corrected chi connectivity index (χ4v) is 3.56. The summed E-state index contributed by atoms with van der Waals surface area (Å²) >= 11 is 1.26. The van der Waals surface area contributed by atoms with Gasteiger partial charge in [-0.25, -0.2) is 4.99 Å². The lowest BCUT2D eigenvalue weighted by Crippen LogP contribution is -2.33. The fraction of sp³-hybridized carbons (Fsp3) is 0.211. The predicted molar refractivity (Wildman–Crippen MR) is 104 cm³/mol. The number of hydrogen-bond acceptors (Lipinski definition) is 7. The van der Waals surface area contributed by atoms with Crippen LogP contribution in [0.25, 0.3) is 5.70 Å². The van der Waals surface area contributed by atoms with Gasteiger partial charge >= 0.3 is 0 Å². The van der Waals surface area contributed by atoms with Crippen LogP contribution in [0.1, 0.15) is 16.7 Å². The van der Waals surface area contributed by atoms with Crippen LogP contribution < -0.4 is 11.1 Å². The highest BCUT2D eigenvalue weighted by Gasteiger charge is 2.23. The first kappa shape index (κ1) is 18.3. The third-order valence-corrected chi connectivity index (χ3v) is 5.20. The van der Waals surface area contributed by atoms with Gasteiger partial charge in [0, 0.05) is 17.0 Å². The van der Waals surface area contributed by atoms with Gasteiger partial charge in [0.1, 0.15) is 0 Å². The zero-order valence-electron chi connectivity index (χ0n) is 14.5. The second kappa shape index (κ2) is 7.41. The zero-order valence-corrected chi connectivity index (χ0v) is 15.3. The van der Waals surface area contributed by atoms with E-state index < -0.39 is 6.23 Å². The first-order valence-electron chi connectivity index (χ1n) is 8.12. The molecule has 1 unspecified atom stereocenters. The van der Waals surface area contributed by atoms with Gasteiger partial charge in [-0.15, -0.1) is 0 Å². The quantitative estimate of drug-likeness (QED) is 0.530. The first-order valence-corrected chi connectivity index (χ1v) is 8.94. The minimum atomic E-state index is -1.04. The van der Waals surface area contributed by atoms with Gasteiger partial charge in [0.2, 0.25) is 0 Å². The molecule has 2 aromatic rings. The minimum Gasteiger partial charge on any atom is -0.504 e. The van der Waals surface area contributed by atoms with Crippen LogP contribution in [0.4, 0.5) is 0 Å². The monoisotopic (exact) mass is 371 g/mol. The molecule has 0 saturated carbocycles. The normalized spacial score (nSPS) is 17.1. The molecular weight excluding hydrogens is 350 g/mol. The smallest absolute Gasteiger partial charge is 0.173 e. The number of phenolic OH excluding ortho intramolecular Hbond substituents is 2. The van der Waals surface area contributed by atoms with Crippen LogP contribution in [0.15, 0.2) is 51.9 Å². The van der Waals surface area contributed by atoms with E-state index >= 15 is 0 Å². The Morgan fingerprint density at radius 3 is 2.42 bits per heavy atom. The molecule has 0 aliphatic carbocycles. The maximum absolute atomic E-state index is 10.4. The molecule has 0 amide bonds. The molecule has 6 nitrogen and oxygen atoms in total. The number of rotatable bonds is 3. The van der Waals surface area contributed by atoms with Crippen LogP contribution in [0.2, 0.25) is 0 Å². The van der Waals surface area contributed by atoms with Crippen molar-refractivity contribution in [2.45, 2.75) is 25.0 Å². The van der Waals surface area contributed by atoms with Gasteiger partial charge < -0.3 is 26.4 Å². The highest BCUT2D eigenvalue weighted by molar-refractivity contribution is 8.14. The van der Waals surface area contributed by atoms with Crippen molar-refractivity contribution in [1.82, 2.24) is 5.32 Å². The molecule has 1 heterocycles. The summed E-state index contributed by atoms with van der Waals surface area (Å²) in [6.45, 7) is 4.01. The third-order valence-electron chi connectivity index (χ3n) is 4.14. The predicted octanol–water partition coefficient (Wildman–Crippen LogP) is 2.45. The maximum atomic E-state index is 10.4. The first-order chi connectivity index (χ1) is 12.4. The molecule has 1 aliphatic heterocycles. The standard InChI is InChI=1S/C19H21N3O3S/c1-10-3-5-12(6-4-10)17-13(9-20)18(25)22-19(21-17)26-16-8-15(24)14(23)7-11(16)2/h3-8,18,23-25H,9,20H2,1-2H3,(H,21,22). The molecule has 0 bridgehead atoms. The van der Waals surface area contributed by atoms with Crippen molar-refractivity contribution in [3.63, 3.8) is 0 Å². The van der Waals surface area contributed by atoms with Crippen molar-refractivity contribution in [2.75, 3.05) is 6.54 Å². The number of aryl methyl sites for hydroxylation is 2. The van der Waals surface area contributed by atoms with E-state index in [2.05, 4.69) is 10.3 Å². The van der Waals surface area contributed by atoms with Gasteiger partial charge in [0.05, 0.1) is 5.70 Å². The van der Waals surface area contributed by atoms with Crippen molar-refractivity contribution in [3.05, 3.63) is 58.7 Å². The van der Waals surface area contributed by atoms with Crippen LogP contribution in [-0.4, -0.2) is 33.3 Å². The number of aliphatic imine (C=N–C) groups is 1. The summed E-state index contributed by atoms with van der Waals surface area (Å²) in [5, 5.41) is 33.5. The molecule has 0 spiro atoms. The topological polar surface area (TPSA) is 111 Å². The van der Waals surface area contributed by atoms with Gasteiger partial charge in [-0.3, -0.25) is 0 Å². The summed E-state index contributed by atoms with van der Waals surface area (Å²) < 4.78 is 0. The number of aliphatic hydroxyl groups excluding tert-OH is 1. The summed E-state index contributed by atoms with van der Waals surface area (Å²) in [4.78, 5) is 4.98. The van der Waals surface area contributed by atoms with E-state index in [1.807, 2.05) is 38.1 Å². The minimum absolute atomic E-state index is 0.170. The lowest BCUT2D eigenvalue weighted by atomic mass is 10.0. The number of thioether (sulfide) groups is 1. The lowest BCUT2D eigenvalue weighted by molar-refractivity contribution is 0.218. The number of nitrogens with zero attached hydrogens (tertiary/aromatic N) is 1. The molecule has 7 heteroatoms. The van der Waals surface area contributed by atoms with Gasteiger partial charge in [0.15, 0.2) is 22.9 Å². The second-order valence-corrected chi connectivity index (χ2v) is 7.14. The number of nitrogens with one attached hydrogen (secondary N) is 1. The Balaban J connectivity index is 1.92. The molecule has 1 aliphatic rings. The molecule has 0 fully saturated rings. The molecule has 0 aromatic heterocycles. The van der Waals surface area contributed by atoms with Crippen LogP contribution in [0.5, 0.6) is 11.5 Å². The van der Waals surface area contributed by atoms with Gasteiger partial charge in [0.25, 0.3) is 0 Å². The molecule has 3 rings (SSSR count). The highest BCUT2D eigenvalue weighted by atomic mass is 32.2. The summed E-state index contributed by atoms with van der Waals surface area (Å²) in [7, 11) is 0. The molecule has 2 aromatic carbocycles. The van der Waals surface area contributed by atoms with Gasteiger partial charge in [-0.1, -0.05) is 41.6 Å². The number of aromatic hydroxyl groups is 2. The SMILES string of the molecule is Cc1ccc(C2=C(CN)C(O)N=C(Sc3cc(O)c(O)cc3C)N2)cc1. The molecule has 0 radical (unpaired) electrons. The van der Waals surface area contributed by atoms with E-state index in [1.165, 1.54) is 23.9 Å². The van der Waals surface area contributed by atoms with E-state index in [0.717, 1.165) is 27.3 Å². The lowest BCUT2D eigenvalue weighted by Gasteiger charge is -2.25.